The Morgan fingerprint density at radius 2 is 1.70 bits per heavy atom. The Morgan fingerprint density at radius 1 is 0.889 bits per heavy atom. The first-order chi connectivity index (χ1) is 13.3. The van der Waals surface area contributed by atoms with Crippen molar-refractivity contribution >= 4 is 43.6 Å². The Bertz CT molecular complexity index is 1300. The van der Waals surface area contributed by atoms with E-state index in [9.17, 15) is 0 Å². The second kappa shape index (κ2) is 6.52. The van der Waals surface area contributed by atoms with Crippen LogP contribution in [0.15, 0.2) is 92.7 Å². The summed E-state index contributed by atoms with van der Waals surface area (Å²) in [5.41, 5.74) is 4.83. The summed E-state index contributed by atoms with van der Waals surface area (Å²) in [6, 6.07) is 25.7. The van der Waals surface area contributed by atoms with Crippen molar-refractivity contribution in [2.24, 2.45) is 4.99 Å². The molecule has 0 amide bonds. The molecule has 0 spiro atoms. The fourth-order valence-electron chi connectivity index (χ4n) is 3.05. The lowest BCUT2D eigenvalue weighted by Crippen LogP contribution is -2.06. The zero-order chi connectivity index (χ0) is 18.2. The van der Waals surface area contributed by atoms with Crippen molar-refractivity contribution in [1.82, 2.24) is 9.97 Å². The zero-order valence-electron chi connectivity index (χ0n) is 14.2. The highest BCUT2D eigenvalue weighted by molar-refractivity contribution is 9.10. The van der Waals surface area contributed by atoms with Gasteiger partial charge in [-0.1, -0.05) is 46.3 Å². The van der Waals surface area contributed by atoms with Gasteiger partial charge < -0.3 is 9.40 Å². The first-order valence-corrected chi connectivity index (χ1v) is 9.34. The summed E-state index contributed by atoms with van der Waals surface area (Å²) in [5.74, 6) is 0.733. The van der Waals surface area contributed by atoms with Gasteiger partial charge in [0.1, 0.15) is 11.4 Å². The summed E-state index contributed by atoms with van der Waals surface area (Å²) in [6.07, 6.45) is 0. The molecule has 0 aliphatic carbocycles. The molecular weight excluding hydrogens is 402 g/mol. The summed E-state index contributed by atoms with van der Waals surface area (Å²) in [4.78, 5) is 12.8. The van der Waals surface area contributed by atoms with Crippen LogP contribution in [-0.4, -0.2) is 9.97 Å². The fraction of sp³-hybridized carbons (Fsp3) is 0. The summed E-state index contributed by atoms with van der Waals surface area (Å²) in [7, 11) is 0. The number of hydrogen-bond acceptors (Lipinski definition) is 3. The maximum atomic E-state index is 6.15. The Balaban J connectivity index is 1.82. The van der Waals surface area contributed by atoms with Gasteiger partial charge in [-0.15, -0.1) is 0 Å². The lowest BCUT2D eigenvalue weighted by molar-refractivity contribution is 0.547. The highest BCUT2D eigenvalue weighted by Gasteiger charge is 2.11. The van der Waals surface area contributed by atoms with Crippen LogP contribution in [0.1, 0.15) is 0 Å². The van der Waals surface area contributed by atoms with E-state index in [0.717, 1.165) is 43.6 Å². The van der Waals surface area contributed by atoms with E-state index in [1.54, 1.807) is 0 Å². The third-order valence-corrected chi connectivity index (χ3v) is 4.83. The lowest BCUT2D eigenvalue weighted by Gasteiger charge is -2.03. The van der Waals surface area contributed by atoms with Crippen LogP contribution in [0.2, 0.25) is 0 Å². The van der Waals surface area contributed by atoms with Crippen molar-refractivity contribution in [3.8, 4) is 11.4 Å². The van der Waals surface area contributed by atoms with Gasteiger partial charge >= 0.3 is 0 Å². The van der Waals surface area contributed by atoms with E-state index < -0.39 is 0 Å². The van der Waals surface area contributed by atoms with Crippen molar-refractivity contribution in [2.45, 2.75) is 0 Å². The van der Waals surface area contributed by atoms with Gasteiger partial charge in [0.2, 0.25) is 5.55 Å². The topological polar surface area (TPSA) is 54.2 Å². The number of rotatable bonds is 2. The number of nitrogens with one attached hydrogen (secondary N) is 1. The largest absolute Gasteiger partial charge is 0.438 e. The molecule has 1 N–H and O–H groups in total. The van der Waals surface area contributed by atoms with Crippen molar-refractivity contribution in [3.63, 3.8) is 0 Å². The molecule has 5 rings (SSSR count). The number of halogens is 1. The van der Waals surface area contributed by atoms with Crippen LogP contribution >= 0.6 is 15.9 Å². The predicted molar refractivity (Wildman–Crippen MR) is 111 cm³/mol. The van der Waals surface area contributed by atoms with Crippen LogP contribution < -0.4 is 5.55 Å². The van der Waals surface area contributed by atoms with Gasteiger partial charge in [0.25, 0.3) is 0 Å². The number of fused-ring (bicyclic) bond motifs is 2. The normalized spacial score (nSPS) is 12.1. The van der Waals surface area contributed by atoms with E-state index in [2.05, 4.69) is 27.0 Å². The van der Waals surface area contributed by atoms with Gasteiger partial charge in [-0.25, -0.2) is 9.98 Å². The predicted octanol–water partition coefficient (Wildman–Crippen LogP) is 5.97. The quantitative estimate of drug-likeness (QED) is 0.386. The van der Waals surface area contributed by atoms with Gasteiger partial charge in [-0.05, 0) is 48.5 Å². The average Bonchev–Trinajstić information content (AvgIpc) is 3.12. The Kier molecular flexibility index (Phi) is 3.87. The monoisotopic (exact) mass is 415 g/mol. The molecule has 5 aromatic rings. The molecule has 0 aliphatic rings. The molecule has 0 bridgehead atoms. The van der Waals surface area contributed by atoms with E-state index >= 15 is 0 Å². The zero-order valence-corrected chi connectivity index (χ0v) is 15.8. The summed E-state index contributed by atoms with van der Waals surface area (Å²) < 4.78 is 7.15. The molecule has 130 valence electrons. The number of imidazole rings is 1. The maximum absolute atomic E-state index is 6.15. The Labute approximate surface area is 163 Å². The minimum atomic E-state index is 0.523. The molecule has 0 aliphatic heterocycles. The summed E-state index contributed by atoms with van der Waals surface area (Å²) >= 11 is 3.53. The molecule has 27 heavy (non-hydrogen) atoms. The molecule has 0 radical (unpaired) electrons. The van der Waals surface area contributed by atoms with Gasteiger partial charge in [0.05, 0.1) is 22.3 Å². The minimum Gasteiger partial charge on any atom is -0.438 e. The number of para-hydroxylation sites is 3. The second-order valence-electron chi connectivity index (χ2n) is 6.20. The van der Waals surface area contributed by atoms with Crippen LogP contribution in [0.3, 0.4) is 0 Å². The maximum Gasteiger partial charge on any atom is 0.230 e. The number of benzene rings is 3. The van der Waals surface area contributed by atoms with Crippen molar-refractivity contribution in [2.75, 3.05) is 0 Å². The van der Waals surface area contributed by atoms with Crippen LogP contribution in [0.5, 0.6) is 0 Å². The number of aromatic nitrogens is 2. The number of H-pyrrole nitrogens is 1. The first kappa shape index (κ1) is 16.0. The smallest absolute Gasteiger partial charge is 0.230 e. The molecule has 2 heterocycles. The number of nitrogens with zero attached hydrogens (tertiary/aromatic N) is 2. The molecule has 0 saturated carbocycles. The standard InChI is InChI=1S/C22H14BrN3O/c23-15-10-11-20-14(12-15)13-17(21-25-18-8-4-5-9-19(18)26-21)22(27-20)24-16-6-2-1-3-7-16/h1-13H,(H,25,26). The second-order valence-corrected chi connectivity index (χ2v) is 7.11. The summed E-state index contributed by atoms with van der Waals surface area (Å²) in [5, 5.41) is 0.979. The molecule has 0 fully saturated rings. The van der Waals surface area contributed by atoms with E-state index in [1.807, 2.05) is 72.8 Å². The van der Waals surface area contributed by atoms with Gasteiger partial charge in [0, 0.05) is 9.86 Å². The lowest BCUT2D eigenvalue weighted by atomic mass is 10.2. The van der Waals surface area contributed by atoms with Crippen LogP contribution in [0.25, 0.3) is 33.4 Å². The highest BCUT2D eigenvalue weighted by atomic mass is 79.9. The highest BCUT2D eigenvalue weighted by Crippen LogP contribution is 2.25. The van der Waals surface area contributed by atoms with Crippen LogP contribution in [0.4, 0.5) is 5.69 Å². The van der Waals surface area contributed by atoms with Gasteiger partial charge in [-0.2, -0.15) is 0 Å². The minimum absolute atomic E-state index is 0.523. The van der Waals surface area contributed by atoms with Crippen LogP contribution in [0, 0.1) is 0 Å². The van der Waals surface area contributed by atoms with Crippen LogP contribution in [-0.2, 0) is 0 Å². The summed E-state index contributed by atoms with van der Waals surface area (Å²) in [6.45, 7) is 0. The average molecular weight is 416 g/mol. The van der Waals surface area contributed by atoms with Crippen molar-refractivity contribution < 1.29 is 4.42 Å². The SMILES string of the molecule is Brc1ccc2oc(=Nc3ccccc3)c(-c3nc4ccccc4[nH]3)cc2c1. The molecule has 3 aromatic carbocycles. The number of hydrogen-bond donors (Lipinski definition) is 1. The Morgan fingerprint density at radius 3 is 2.56 bits per heavy atom. The Hall–Kier alpha value is -3.18. The fourth-order valence-corrected chi connectivity index (χ4v) is 3.43. The molecule has 0 atom stereocenters. The van der Waals surface area contributed by atoms with Crippen molar-refractivity contribution in [1.29, 1.82) is 0 Å². The van der Waals surface area contributed by atoms with E-state index in [4.69, 9.17) is 14.4 Å². The van der Waals surface area contributed by atoms with E-state index in [0.29, 0.717) is 5.55 Å². The molecule has 5 heteroatoms. The third kappa shape index (κ3) is 3.06. The molecule has 2 aromatic heterocycles. The van der Waals surface area contributed by atoms with Gasteiger partial charge in [-0.3, -0.25) is 0 Å². The molecule has 0 unspecified atom stereocenters. The number of aromatic amines is 1. The van der Waals surface area contributed by atoms with Crippen molar-refractivity contribution in [3.05, 3.63) is 88.9 Å². The van der Waals surface area contributed by atoms with E-state index in [1.165, 1.54) is 0 Å². The molecule has 4 nitrogen and oxygen atoms in total. The molecule has 0 saturated heterocycles. The first-order valence-electron chi connectivity index (χ1n) is 8.55. The van der Waals surface area contributed by atoms with Gasteiger partial charge in [0.15, 0.2) is 0 Å². The third-order valence-electron chi connectivity index (χ3n) is 4.34. The molecular formula is C22H14BrN3O. The van der Waals surface area contributed by atoms with E-state index in [-0.39, 0.29) is 0 Å².